The van der Waals surface area contributed by atoms with Crippen molar-refractivity contribution in [3.63, 3.8) is 0 Å². The zero-order valence-corrected chi connectivity index (χ0v) is 27.9. The molecule has 4 aromatic carbocycles. The smallest absolute Gasteiger partial charge is 0.264 e. The minimum atomic E-state index is -4.24. The van der Waals surface area contributed by atoms with Crippen LogP contribution in [-0.4, -0.2) is 43.8 Å². The van der Waals surface area contributed by atoms with Gasteiger partial charge in [-0.1, -0.05) is 97.6 Å². The number of benzene rings is 4. The summed E-state index contributed by atoms with van der Waals surface area (Å²) >= 11 is 6.45. The van der Waals surface area contributed by atoms with Gasteiger partial charge in [0.2, 0.25) is 11.8 Å². The second-order valence-corrected chi connectivity index (χ2v) is 14.2. The Morgan fingerprint density at radius 2 is 1.51 bits per heavy atom. The second kappa shape index (κ2) is 15.6. The average molecular weight is 676 g/mol. The lowest BCUT2D eigenvalue weighted by atomic mass is 9.94. The van der Waals surface area contributed by atoms with Crippen LogP contribution in [0.5, 0.6) is 0 Å². The third-order valence-electron chi connectivity index (χ3n) is 8.54. The van der Waals surface area contributed by atoms with Crippen molar-refractivity contribution in [3.8, 4) is 0 Å². The quantitative estimate of drug-likeness (QED) is 0.174. The predicted octanol–water partition coefficient (Wildman–Crippen LogP) is 7.07. The summed E-state index contributed by atoms with van der Waals surface area (Å²) in [6.07, 6.45) is 5.05. The van der Waals surface area contributed by atoms with Crippen molar-refractivity contribution in [3.05, 3.63) is 131 Å². The minimum Gasteiger partial charge on any atom is -0.352 e. The number of hydrogen-bond acceptors (Lipinski definition) is 4. The van der Waals surface area contributed by atoms with Gasteiger partial charge in [0.15, 0.2) is 0 Å². The van der Waals surface area contributed by atoms with E-state index < -0.39 is 34.3 Å². The molecule has 1 atom stereocenters. The Morgan fingerprint density at radius 3 is 2.15 bits per heavy atom. The van der Waals surface area contributed by atoms with Gasteiger partial charge in [-0.05, 0) is 72.9 Å². The molecule has 1 aliphatic carbocycles. The van der Waals surface area contributed by atoms with Crippen molar-refractivity contribution in [2.24, 2.45) is 0 Å². The standard InChI is InChI=1S/C37H39ClFN3O4S/c1-27-17-22-32(24-34(27)38)42(47(45,46)33-15-9-4-10-16-33)26-36(43)41(25-29-18-20-30(39)21-19-29)35(23-28-11-5-2-6-12-28)37(44)40-31-13-7-3-8-14-31/h2,4-6,9-12,15-22,24,31,35H,3,7-8,13-14,23,25-26H2,1H3,(H,40,44). The molecule has 5 rings (SSSR count). The van der Waals surface area contributed by atoms with Crippen molar-refractivity contribution in [2.75, 3.05) is 10.8 Å². The van der Waals surface area contributed by atoms with Crippen molar-refractivity contribution < 1.29 is 22.4 Å². The molecule has 1 saturated carbocycles. The fraction of sp³-hybridized carbons (Fsp3) is 0.297. The average Bonchev–Trinajstić information content (AvgIpc) is 3.08. The van der Waals surface area contributed by atoms with E-state index in [2.05, 4.69) is 5.32 Å². The number of carbonyl (C=O) groups excluding carboxylic acids is 2. The van der Waals surface area contributed by atoms with Crippen LogP contribution in [0.25, 0.3) is 0 Å². The fourth-order valence-corrected chi connectivity index (χ4v) is 7.47. The van der Waals surface area contributed by atoms with E-state index in [1.54, 1.807) is 49.4 Å². The van der Waals surface area contributed by atoms with Gasteiger partial charge in [-0.15, -0.1) is 0 Å². The maximum absolute atomic E-state index is 14.6. The number of nitrogens with one attached hydrogen (secondary N) is 1. The highest BCUT2D eigenvalue weighted by Gasteiger charge is 2.35. The van der Waals surface area contributed by atoms with Crippen molar-refractivity contribution in [1.29, 1.82) is 0 Å². The van der Waals surface area contributed by atoms with Gasteiger partial charge in [0.1, 0.15) is 18.4 Å². The maximum atomic E-state index is 14.6. The van der Waals surface area contributed by atoms with Crippen LogP contribution < -0.4 is 9.62 Å². The second-order valence-electron chi connectivity index (χ2n) is 12.0. The molecule has 1 fully saturated rings. The van der Waals surface area contributed by atoms with Gasteiger partial charge < -0.3 is 10.2 Å². The van der Waals surface area contributed by atoms with E-state index in [0.29, 0.717) is 10.6 Å². The van der Waals surface area contributed by atoms with Crippen LogP contribution in [-0.2, 0) is 32.6 Å². The number of aryl methyl sites for hydroxylation is 1. The third-order valence-corrected chi connectivity index (χ3v) is 10.7. The summed E-state index contributed by atoms with van der Waals surface area (Å²) < 4.78 is 43.2. The van der Waals surface area contributed by atoms with Crippen molar-refractivity contribution in [1.82, 2.24) is 10.2 Å². The molecule has 7 nitrogen and oxygen atoms in total. The number of rotatable bonds is 12. The summed E-state index contributed by atoms with van der Waals surface area (Å²) in [5, 5.41) is 3.53. The number of sulfonamides is 1. The molecule has 1 unspecified atom stereocenters. The van der Waals surface area contributed by atoms with E-state index in [1.165, 1.54) is 35.2 Å². The fourth-order valence-electron chi connectivity index (χ4n) is 5.87. The van der Waals surface area contributed by atoms with Crippen molar-refractivity contribution in [2.45, 2.75) is 69.0 Å². The Kier molecular flexibility index (Phi) is 11.3. The number of amides is 2. The molecule has 0 radical (unpaired) electrons. The number of halogens is 2. The van der Waals surface area contributed by atoms with Crippen molar-refractivity contribution >= 4 is 39.1 Å². The van der Waals surface area contributed by atoms with E-state index in [9.17, 15) is 22.4 Å². The van der Waals surface area contributed by atoms with Gasteiger partial charge in [0.05, 0.1) is 10.6 Å². The number of carbonyl (C=O) groups is 2. The van der Waals surface area contributed by atoms with E-state index in [0.717, 1.165) is 47.5 Å². The minimum absolute atomic E-state index is 0.00505. The van der Waals surface area contributed by atoms with Crippen LogP contribution in [0.3, 0.4) is 0 Å². The molecule has 1 N–H and O–H groups in total. The molecular weight excluding hydrogens is 637 g/mol. The molecule has 1 aliphatic rings. The molecule has 2 amide bonds. The highest BCUT2D eigenvalue weighted by molar-refractivity contribution is 7.92. The van der Waals surface area contributed by atoms with Gasteiger partial charge in [-0.2, -0.15) is 0 Å². The highest BCUT2D eigenvalue weighted by Crippen LogP contribution is 2.29. The van der Waals surface area contributed by atoms with Gasteiger partial charge in [0.25, 0.3) is 10.0 Å². The molecule has 10 heteroatoms. The lowest BCUT2D eigenvalue weighted by Gasteiger charge is -2.35. The molecule has 4 aromatic rings. The van der Waals surface area contributed by atoms with Crippen LogP contribution in [0.1, 0.15) is 48.8 Å². The van der Waals surface area contributed by atoms with E-state index in [1.807, 2.05) is 30.3 Å². The molecular formula is C37H39ClFN3O4S. The molecule has 0 saturated heterocycles. The van der Waals surface area contributed by atoms with E-state index in [-0.39, 0.29) is 35.5 Å². The summed E-state index contributed by atoms with van der Waals surface area (Å²) in [7, 11) is -4.24. The summed E-state index contributed by atoms with van der Waals surface area (Å²) in [4.78, 5) is 30.2. The van der Waals surface area contributed by atoms with E-state index in [4.69, 9.17) is 11.6 Å². The molecule has 0 aliphatic heterocycles. The predicted molar refractivity (Wildman–Crippen MR) is 183 cm³/mol. The Bertz CT molecular complexity index is 1770. The third kappa shape index (κ3) is 8.78. The Hall–Kier alpha value is -4.21. The zero-order chi connectivity index (χ0) is 33.4. The van der Waals surface area contributed by atoms with Crippen LogP contribution in [0, 0.1) is 12.7 Å². The van der Waals surface area contributed by atoms with Crippen LogP contribution >= 0.6 is 11.6 Å². The maximum Gasteiger partial charge on any atom is 0.264 e. The van der Waals surface area contributed by atoms with E-state index >= 15 is 0 Å². The monoisotopic (exact) mass is 675 g/mol. The first kappa shape index (κ1) is 34.1. The summed E-state index contributed by atoms with van der Waals surface area (Å²) in [6, 6.07) is 26.8. The molecule has 246 valence electrons. The first-order valence-corrected chi connectivity index (χ1v) is 17.7. The molecule has 0 aromatic heterocycles. The SMILES string of the molecule is Cc1ccc(N(CC(=O)N(Cc2ccc(F)cc2)C(Cc2ccccc2)C(=O)NC2CCCCC2)S(=O)(=O)c2ccccc2)cc1Cl. The lowest BCUT2D eigenvalue weighted by molar-refractivity contribution is -0.140. The molecule has 0 heterocycles. The molecule has 47 heavy (non-hydrogen) atoms. The first-order chi connectivity index (χ1) is 22.6. The zero-order valence-electron chi connectivity index (χ0n) is 26.3. The van der Waals surface area contributed by atoms with Crippen LogP contribution in [0.4, 0.5) is 10.1 Å². The Balaban J connectivity index is 1.56. The van der Waals surface area contributed by atoms with Gasteiger partial charge in [0, 0.05) is 24.0 Å². The Labute approximate surface area is 281 Å². The van der Waals surface area contributed by atoms with Crippen LogP contribution in [0.2, 0.25) is 5.02 Å². The number of nitrogens with zero attached hydrogens (tertiary/aromatic N) is 2. The normalized spacial score (nSPS) is 14.3. The van der Waals surface area contributed by atoms with Gasteiger partial charge in [-0.3, -0.25) is 13.9 Å². The summed E-state index contributed by atoms with van der Waals surface area (Å²) in [5.41, 5.74) is 2.40. The Morgan fingerprint density at radius 1 is 0.872 bits per heavy atom. The van der Waals surface area contributed by atoms with Crippen LogP contribution in [0.15, 0.2) is 108 Å². The summed E-state index contributed by atoms with van der Waals surface area (Å²) in [5.74, 6) is -1.34. The first-order valence-electron chi connectivity index (χ1n) is 15.8. The molecule has 0 bridgehead atoms. The number of anilines is 1. The highest BCUT2D eigenvalue weighted by atomic mass is 35.5. The lowest BCUT2D eigenvalue weighted by Crippen LogP contribution is -2.55. The topological polar surface area (TPSA) is 86.8 Å². The van der Waals surface area contributed by atoms with Gasteiger partial charge in [-0.25, -0.2) is 12.8 Å². The summed E-state index contributed by atoms with van der Waals surface area (Å²) in [6.45, 7) is 1.17. The largest absolute Gasteiger partial charge is 0.352 e. The number of hydrogen-bond donors (Lipinski definition) is 1. The van der Waals surface area contributed by atoms with Gasteiger partial charge >= 0.3 is 0 Å². The molecule has 0 spiro atoms.